The number of hydrogen-bond donors (Lipinski definition) is 0. The van der Waals surface area contributed by atoms with E-state index in [4.69, 9.17) is 0 Å². The van der Waals surface area contributed by atoms with Gasteiger partial charge >= 0.3 is 17.8 Å². The number of urea groups is 1. The second kappa shape index (κ2) is 5.73. The molecule has 2 aromatic heterocycles. The molecule has 0 unspecified atom stereocenters. The first-order valence-electron chi connectivity index (χ1n) is 7.20. The smallest absolute Gasteiger partial charge is 0.269 e. The fraction of sp³-hybridized carbons (Fsp3) is 0.188. The average Bonchev–Trinajstić information content (AvgIpc) is 2.74. The summed E-state index contributed by atoms with van der Waals surface area (Å²) in [4.78, 5) is 54.1. The van der Waals surface area contributed by atoms with Gasteiger partial charge in [-0.3, -0.25) is 23.7 Å². The van der Waals surface area contributed by atoms with Crippen LogP contribution in [0.25, 0.3) is 5.65 Å². The standard InChI is InChI=1S/C16H14N4O4/c1-3-6-19-14(22)15(23)20(16(19)24)9-11-8-12(21)18-7-4-5-10(2)13(18)17-11/h3-5,7-8H,1,6,9H2,2H3. The zero-order valence-electron chi connectivity index (χ0n) is 12.9. The van der Waals surface area contributed by atoms with Crippen LogP contribution in [0.5, 0.6) is 0 Å². The highest BCUT2D eigenvalue weighted by Gasteiger charge is 2.43. The van der Waals surface area contributed by atoms with Gasteiger partial charge in [0, 0.05) is 18.8 Å². The lowest BCUT2D eigenvalue weighted by Gasteiger charge is -2.14. The number of hydrogen-bond acceptors (Lipinski definition) is 5. The number of pyridine rings is 1. The molecule has 24 heavy (non-hydrogen) atoms. The first kappa shape index (κ1) is 15.6. The van der Waals surface area contributed by atoms with E-state index in [-0.39, 0.29) is 24.3 Å². The lowest BCUT2D eigenvalue weighted by atomic mass is 10.3. The maximum Gasteiger partial charge on any atom is 0.334 e. The lowest BCUT2D eigenvalue weighted by Crippen LogP contribution is -2.33. The minimum atomic E-state index is -0.936. The van der Waals surface area contributed by atoms with Crippen molar-refractivity contribution in [2.45, 2.75) is 13.5 Å². The van der Waals surface area contributed by atoms with Crippen molar-refractivity contribution in [2.24, 2.45) is 0 Å². The van der Waals surface area contributed by atoms with Crippen molar-refractivity contribution in [2.75, 3.05) is 6.54 Å². The van der Waals surface area contributed by atoms with Crippen LogP contribution in [0, 0.1) is 6.92 Å². The molecular weight excluding hydrogens is 312 g/mol. The van der Waals surface area contributed by atoms with Crippen molar-refractivity contribution in [1.82, 2.24) is 19.2 Å². The van der Waals surface area contributed by atoms with Crippen molar-refractivity contribution in [3.63, 3.8) is 0 Å². The summed E-state index contributed by atoms with van der Waals surface area (Å²) in [6, 6.07) is 4.03. The fourth-order valence-corrected chi connectivity index (χ4v) is 2.53. The summed E-state index contributed by atoms with van der Waals surface area (Å²) in [5.41, 5.74) is 1.13. The predicted octanol–water partition coefficient (Wildman–Crippen LogP) is 0.480. The molecule has 0 N–H and O–H groups in total. The zero-order chi connectivity index (χ0) is 17.4. The molecule has 2 aromatic rings. The molecule has 8 nitrogen and oxygen atoms in total. The highest BCUT2D eigenvalue weighted by atomic mass is 16.2. The molecule has 8 heteroatoms. The van der Waals surface area contributed by atoms with Crippen molar-refractivity contribution in [1.29, 1.82) is 0 Å². The molecule has 4 amide bonds. The van der Waals surface area contributed by atoms with Gasteiger partial charge in [-0.05, 0) is 18.6 Å². The summed E-state index contributed by atoms with van der Waals surface area (Å²) in [6.45, 7) is 4.96. The van der Waals surface area contributed by atoms with Crippen LogP contribution < -0.4 is 5.56 Å². The number of carbonyl (C=O) groups is 3. The SMILES string of the molecule is C=CCN1C(=O)C(=O)N(Cc2cc(=O)n3cccc(C)c3n2)C1=O. The Hall–Kier alpha value is -3.29. The molecule has 0 saturated carbocycles. The van der Waals surface area contributed by atoms with Crippen LogP contribution in [0.2, 0.25) is 0 Å². The second-order valence-corrected chi connectivity index (χ2v) is 5.35. The van der Waals surface area contributed by atoms with Gasteiger partial charge < -0.3 is 0 Å². The number of aryl methyl sites for hydroxylation is 1. The van der Waals surface area contributed by atoms with Gasteiger partial charge in [0.15, 0.2) is 0 Å². The fourth-order valence-electron chi connectivity index (χ4n) is 2.53. The van der Waals surface area contributed by atoms with E-state index in [0.717, 1.165) is 15.4 Å². The largest absolute Gasteiger partial charge is 0.334 e. The van der Waals surface area contributed by atoms with Crippen LogP contribution in [-0.4, -0.2) is 43.6 Å². The van der Waals surface area contributed by atoms with E-state index in [1.165, 1.54) is 16.5 Å². The number of rotatable bonds is 4. The van der Waals surface area contributed by atoms with Crippen LogP contribution >= 0.6 is 0 Å². The first-order valence-corrected chi connectivity index (χ1v) is 7.20. The van der Waals surface area contributed by atoms with Crippen LogP contribution in [-0.2, 0) is 16.1 Å². The number of aromatic nitrogens is 2. The van der Waals surface area contributed by atoms with E-state index in [0.29, 0.717) is 5.65 Å². The van der Waals surface area contributed by atoms with E-state index in [1.807, 2.05) is 0 Å². The van der Waals surface area contributed by atoms with Crippen LogP contribution in [0.1, 0.15) is 11.3 Å². The molecule has 0 aliphatic carbocycles. The molecule has 1 fully saturated rings. The van der Waals surface area contributed by atoms with Gasteiger partial charge in [0.05, 0.1) is 12.2 Å². The van der Waals surface area contributed by atoms with Gasteiger partial charge in [0.2, 0.25) is 0 Å². The summed E-state index contributed by atoms with van der Waals surface area (Å²) >= 11 is 0. The van der Waals surface area contributed by atoms with Crippen molar-refractivity contribution >= 4 is 23.5 Å². The van der Waals surface area contributed by atoms with Crippen LogP contribution in [0.15, 0.2) is 41.8 Å². The van der Waals surface area contributed by atoms with Gasteiger partial charge in [-0.25, -0.2) is 14.7 Å². The number of carbonyl (C=O) groups excluding carboxylic acids is 3. The van der Waals surface area contributed by atoms with Gasteiger partial charge in [-0.2, -0.15) is 0 Å². The number of amides is 4. The average molecular weight is 326 g/mol. The Kier molecular flexibility index (Phi) is 3.72. The van der Waals surface area contributed by atoms with E-state index in [2.05, 4.69) is 11.6 Å². The molecule has 1 saturated heterocycles. The topological polar surface area (TPSA) is 92.1 Å². The van der Waals surface area contributed by atoms with Gasteiger partial charge in [0.1, 0.15) is 5.65 Å². The van der Waals surface area contributed by atoms with Crippen molar-refractivity contribution in [3.8, 4) is 0 Å². The predicted molar refractivity (Wildman–Crippen MR) is 84.1 cm³/mol. The van der Waals surface area contributed by atoms with E-state index in [1.54, 1.807) is 25.3 Å². The first-order chi connectivity index (χ1) is 11.4. The Bertz CT molecular complexity index is 947. The minimum Gasteiger partial charge on any atom is -0.269 e. The summed E-state index contributed by atoms with van der Waals surface area (Å²) < 4.78 is 1.38. The molecule has 0 radical (unpaired) electrons. The summed E-state index contributed by atoms with van der Waals surface area (Å²) in [5, 5.41) is 0. The third-order valence-corrected chi connectivity index (χ3v) is 3.71. The minimum absolute atomic E-state index is 0.0488. The third kappa shape index (κ3) is 2.37. The molecule has 3 rings (SSSR count). The Balaban J connectivity index is 1.98. The molecule has 1 aliphatic rings. The maximum absolute atomic E-state index is 12.2. The molecule has 0 aromatic carbocycles. The van der Waals surface area contributed by atoms with Crippen molar-refractivity contribution in [3.05, 3.63) is 58.7 Å². The van der Waals surface area contributed by atoms with Crippen molar-refractivity contribution < 1.29 is 14.4 Å². The molecule has 3 heterocycles. The molecule has 0 spiro atoms. The number of nitrogens with zero attached hydrogens (tertiary/aromatic N) is 4. The quantitative estimate of drug-likeness (QED) is 0.463. The zero-order valence-corrected chi connectivity index (χ0v) is 12.9. The molecule has 0 bridgehead atoms. The Morgan fingerprint density at radius 3 is 2.58 bits per heavy atom. The number of imide groups is 2. The highest BCUT2D eigenvalue weighted by molar-refractivity contribution is 6.44. The van der Waals surface area contributed by atoms with Gasteiger partial charge in [-0.1, -0.05) is 12.1 Å². The van der Waals surface area contributed by atoms with Gasteiger partial charge in [-0.15, -0.1) is 6.58 Å². The van der Waals surface area contributed by atoms with E-state index in [9.17, 15) is 19.2 Å². The van der Waals surface area contributed by atoms with Crippen LogP contribution in [0.4, 0.5) is 4.79 Å². The second-order valence-electron chi connectivity index (χ2n) is 5.35. The summed E-state index contributed by atoms with van der Waals surface area (Å²) in [5.74, 6) is -1.85. The Morgan fingerprint density at radius 2 is 1.88 bits per heavy atom. The van der Waals surface area contributed by atoms with E-state index >= 15 is 0 Å². The summed E-state index contributed by atoms with van der Waals surface area (Å²) in [6.07, 6.45) is 2.94. The maximum atomic E-state index is 12.2. The normalized spacial score (nSPS) is 14.8. The third-order valence-electron chi connectivity index (χ3n) is 3.71. The highest BCUT2D eigenvalue weighted by Crippen LogP contribution is 2.15. The molecular formula is C16H14N4O4. The Morgan fingerprint density at radius 1 is 1.17 bits per heavy atom. The summed E-state index contributed by atoms with van der Waals surface area (Å²) in [7, 11) is 0. The molecule has 1 aliphatic heterocycles. The van der Waals surface area contributed by atoms with Crippen LogP contribution in [0.3, 0.4) is 0 Å². The lowest BCUT2D eigenvalue weighted by molar-refractivity contribution is -0.143. The molecule has 122 valence electrons. The number of fused-ring (bicyclic) bond motifs is 1. The monoisotopic (exact) mass is 326 g/mol. The molecule has 0 atom stereocenters. The van der Waals surface area contributed by atoms with Gasteiger partial charge in [0.25, 0.3) is 5.56 Å². The van der Waals surface area contributed by atoms with E-state index < -0.39 is 17.8 Å². The Labute approximate surface area is 136 Å².